The fourth-order valence-electron chi connectivity index (χ4n) is 2.94. The molecule has 0 saturated carbocycles. The van der Waals surface area contributed by atoms with E-state index in [2.05, 4.69) is 58.2 Å². The summed E-state index contributed by atoms with van der Waals surface area (Å²) in [4.78, 5) is 2.39. The number of benzene rings is 2. The Morgan fingerprint density at radius 1 is 1.05 bits per heavy atom. The average Bonchev–Trinajstić information content (AvgIpc) is 2.52. The molecule has 1 saturated heterocycles. The number of likely N-dealkylation sites (N-methyl/N-ethyl adjacent to an activating group) is 1. The molecule has 0 bridgehead atoms. The molecule has 2 atom stereocenters. The zero-order valence-electron chi connectivity index (χ0n) is 12.2. The third-order valence-electron chi connectivity index (χ3n) is 4.08. The fourth-order valence-corrected chi connectivity index (χ4v) is 3.21. The third-order valence-corrected chi connectivity index (χ3v) is 4.61. The maximum Gasteiger partial charge on any atom is 0.119 e. The molecule has 3 rings (SSSR count). The van der Waals surface area contributed by atoms with Crippen molar-refractivity contribution in [2.75, 3.05) is 20.1 Å². The zero-order valence-corrected chi connectivity index (χ0v) is 13.8. The Hall–Kier alpha value is -1.32. The van der Waals surface area contributed by atoms with Gasteiger partial charge in [0.2, 0.25) is 0 Å². The Balaban J connectivity index is 1.79. The maximum atomic E-state index is 6.28. The van der Waals surface area contributed by atoms with Gasteiger partial charge in [-0.25, -0.2) is 0 Å². The molecule has 2 aromatic carbocycles. The van der Waals surface area contributed by atoms with Crippen molar-refractivity contribution >= 4 is 15.9 Å². The van der Waals surface area contributed by atoms with Crippen LogP contribution in [0.5, 0.6) is 5.75 Å². The summed E-state index contributed by atoms with van der Waals surface area (Å²) >= 11 is 3.46. The molecule has 1 heterocycles. The molecule has 0 radical (unpaired) electrons. The summed E-state index contributed by atoms with van der Waals surface area (Å²) in [5, 5.41) is 0. The average molecular weight is 346 g/mol. The van der Waals surface area contributed by atoms with Gasteiger partial charge in [-0.15, -0.1) is 0 Å². The molecule has 0 N–H and O–H groups in total. The van der Waals surface area contributed by atoms with Gasteiger partial charge in [-0.3, -0.25) is 0 Å². The van der Waals surface area contributed by atoms with Crippen LogP contribution >= 0.6 is 15.9 Å². The van der Waals surface area contributed by atoms with Crippen molar-refractivity contribution in [3.63, 3.8) is 0 Å². The number of halogens is 1. The predicted octanol–water partition coefficient (Wildman–Crippen LogP) is 4.32. The molecule has 0 amide bonds. The molecule has 1 fully saturated rings. The van der Waals surface area contributed by atoms with Gasteiger partial charge in [-0.1, -0.05) is 46.3 Å². The van der Waals surface area contributed by atoms with E-state index in [-0.39, 0.29) is 6.10 Å². The van der Waals surface area contributed by atoms with E-state index in [1.165, 1.54) is 5.56 Å². The first-order chi connectivity index (χ1) is 10.2. The van der Waals surface area contributed by atoms with Gasteiger partial charge in [0, 0.05) is 23.5 Å². The monoisotopic (exact) mass is 345 g/mol. The lowest BCUT2D eigenvalue weighted by atomic mass is 9.88. The van der Waals surface area contributed by atoms with Crippen molar-refractivity contribution in [3.8, 4) is 5.75 Å². The van der Waals surface area contributed by atoms with Crippen molar-refractivity contribution in [2.45, 2.75) is 18.4 Å². The molecule has 2 aromatic rings. The minimum absolute atomic E-state index is 0.241. The Bertz CT molecular complexity index is 570. The molecule has 110 valence electrons. The SMILES string of the molecule is CN1CC[C@@H](Oc2ccc(Br)cc2)[C@@H](c2ccccc2)C1. The van der Waals surface area contributed by atoms with Crippen LogP contribution in [0.15, 0.2) is 59.1 Å². The number of rotatable bonds is 3. The highest BCUT2D eigenvalue weighted by Crippen LogP contribution is 2.30. The van der Waals surface area contributed by atoms with Crippen LogP contribution < -0.4 is 4.74 Å². The minimum Gasteiger partial charge on any atom is -0.490 e. The fraction of sp³-hybridized carbons (Fsp3) is 0.333. The lowest BCUT2D eigenvalue weighted by Crippen LogP contribution is -2.42. The molecule has 0 unspecified atom stereocenters. The van der Waals surface area contributed by atoms with E-state index in [0.29, 0.717) is 5.92 Å². The summed E-state index contributed by atoms with van der Waals surface area (Å²) < 4.78 is 7.36. The zero-order chi connectivity index (χ0) is 14.7. The van der Waals surface area contributed by atoms with Crippen LogP contribution in [-0.4, -0.2) is 31.1 Å². The van der Waals surface area contributed by atoms with Gasteiger partial charge in [0.25, 0.3) is 0 Å². The smallest absolute Gasteiger partial charge is 0.119 e. The Kier molecular flexibility index (Phi) is 4.61. The van der Waals surface area contributed by atoms with Crippen LogP contribution in [-0.2, 0) is 0 Å². The number of likely N-dealkylation sites (tertiary alicyclic amines) is 1. The molecule has 0 aliphatic carbocycles. The van der Waals surface area contributed by atoms with Gasteiger partial charge < -0.3 is 9.64 Å². The van der Waals surface area contributed by atoms with E-state index < -0.39 is 0 Å². The summed E-state index contributed by atoms with van der Waals surface area (Å²) in [5.41, 5.74) is 1.37. The third kappa shape index (κ3) is 3.66. The van der Waals surface area contributed by atoms with E-state index in [4.69, 9.17) is 4.74 Å². The summed E-state index contributed by atoms with van der Waals surface area (Å²) in [6.07, 6.45) is 1.30. The number of hydrogen-bond acceptors (Lipinski definition) is 2. The van der Waals surface area contributed by atoms with Gasteiger partial charge in [0.05, 0.1) is 0 Å². The van der Waals surface area contributed by atoms with E-state index in [0.717, 1.165) is 29.7 Å². The largest absolute Gasteiger partial charge is 0.490 e. The highest BCUT2D eigenvalue weighted by atomic mass is 79.9. The van der Waals surface area contributed by atoms with Gasteiger partial charge in [-0.2, -0.15) is 0 Å². The molecule has 21 heavy (non-hydrogen) atoms. The highest BCUT2D eigenvalue weighted by molar-refractivity contribution is 9.10. The minimum atomic E-state index is 0.241. The second-order valence-electron chi connectivity index (χ2n) is 5.68. The van der Waals surface area contributed by atoms with Crippen molar-refractivity contribution in [1.29, 1.82) is 0 Å². The maximum absolute atomic E-state index is 6.28. The van der Waals surface area contributed by atoms with Gasteiger partial charge >= 0.3 is 0 Å². The molecule has 1 aliphatic heterocycles. The van der Waals surface area contributed by atoms with Crippen LogP contribution in [0, 0.1) is 0 Å². The standard InChI is InChI=1S/C18H20BrNO/c1-20-12-11-18(21-16-9-7-15(19)8-10-16)17(13-20)14-5-3-2-4-6-14/h2-10,17-18H,11-13H2,1H3/t17-,18-/m1/s1. The van der Waals surface area contributed by atoms with Crippen LogP contribution in [0.4, 0.5) is 0 Å². The summed E-state index contributed by atoms with van der Waals surface area (Å²) in [7, 11) is 2.19. The first-order valence-electron chi connectivity index (χ1n) is 7.38. The lowest BCUT2D eigenvalue weighted by molar-refractivity contribution is 0.0902. The second-order valence-corrected chi connectivity index (χ2v) is 6.59. The second kappa shape index (κ2) is 6.63. The molecule has 1 aliphatic rings. The van der Waals surface area contributed by atoms with E-state index in [9.17, 15) is 0 Å². The molecular weight excluding hydrogens is 326 g/mol. The van der Waals surface area contributed by atoms with E-state index >= 15 is 0 Å². The first-order valence-corrected chi connectivity index (χ1v) is 8.17. The van der Waals surface area contributed by atoms with Crippen molar-refractivity contribution < 1.29 is 4.74 Å². The van der Waals surface area contributed by atoms with E-state index in [1.807, 2.05) is 24.3 Å². The van der Waals surface area contributed by atoms with Crippen LogP contribution in [0.1, 0.15) is 17.9 Å². The number of nitrogens with zero attached hydrogens (tertiary/aromatic N) is 1. The summed E-state index contributed by atoms with van der Waals surface area (Å²) in [5.74, 6) is 1.38. The van der Waals surface area contributed by atoms with Crippen LogP contribution in [0.25, 0.3) is 0 Å². The molecule has 3 heteroatoms. The van der Waals surface area contributed by atoms with Gasteiger partial charge in [-0.05, 0) is 43.3 Å². The Morgan fingerprint density at radius 3 is 2.48 bits per heavy atom. The first kappa shape index (κ1) is 14.6. The van der Waals surface area contributed by atoms with Crippen LogP contribution in [0.2, 0.25) is 0 Å². The molecule has 0 spiro atoms. The van der Waals surface area contributed by atoms with Crippen molar-refractivity contribution in [1.82, 2.24) is 4.90 Å². The Labute approximate surface area is 134 Å². The normalized spacial score (nSPS) is 23.0. The molecule has 2 nitrogen and oxygen atoms in total. The van der Waals surface area contributed by atoms with Crippen molar-refractivity contribution in [2.24, 2.45) is 0 Å². The van der Waals surface area contributed by atoms with Crippen LogP contribution in [0.3, 0.4) is 0 Å². The number of hydrogen-bond donors (Lipinski definition) is 0. The quantitative estimate of drug-likeness (QED) is 0.821. The molecule has 0 aromatic heterocycles. The number of ether oxygens (including phenoxy) is 1. The Morgan fingerprint density at radius 2 is 1.76 bits per heavy atom. The van der Waals surface area contributed by atoms with Crippen molar-refractivity contribution in [3.05, 3.63) is 64.6 Å². The summed E-state index contributed by atoms with van der Waals surface area (Å²) in [6, 6.07) is 18.8. The van der Waals surface area contributed by atoms with Gasteiger partial charge in [0.1, 0.15) is 11.9 Å². The highest BCUT2D eigenvalue weighted by Gasteiger charge is 2.30. The number of piperidine rings is 1. The predicted molar refractivity (Wildman–Crippen MR) is 89.9 cm³/mol. The topological polar surface area (TPSA) is 12.5 Å². The lowest BCUT2D eigenvalue weighted by Gasteiger charge is -2.37. The van der Waals surface area contributed by atoms with Gasteiger partial charge in [0.15, 0.2) is 0 Å². The summed E-state index contributed by atoms with van der Waals surface area (Å²) in [6.45, 7) is 2.13. The molecular formula is C18H20BrNO. The van der Waals surface area contributed by atoms with E-state index in [1.54, 1.807) is 0 Å².